The Morgan fingerprint density at radius 3 is 2.72 bits per heavy atom. The lowest BCUT2D eigenvalue weighted by molar-refractivity contribution is 0.0879. The molecule has 0 spiro atoms. The highest BCUT2D eigenvalue weighted by Crippen LogP contribution is 2.34. The summed E-state index contributed by atoms with van der Waals surface area (Å²) in [6.07, 6.45) is 1.94. The monoisotopic (exact) mass is 251 g/mol. The molecule has 1 aromatic rings. The molecule has 0 radical (unpaired) electrons. The minimum absolute atomic E-state index is 0.0590. The van der Waals surface area contributed by atoms with Crippen LogP contribution >= 0.6 is 0 Å². The number of hydrogen-bond acceptors (Lipinski definition) is 4. The Morgan fingerprint density at radius 1 is 1.39 bits per heavy atom. The van der Waals surface area contributed by atoms with E-state index < -0.39 is 0 Å². The van der Waals surface area contributed by atoms with Crippen molar-refractivity contribution in [2.24, 2.45) is 11.7 Å². The fourth-order valence-electron chi connectivity index (χ4n) is 2.00. The van der Waals surface area contributed by atoms with Gasteiger partial charge in [-0.2, -0.15) is 0 Å². The molecule has 2 atom stereocenters. The molecule has 0 heterocycles. The normalized spacial score (nSPS) is 18.2. The lowest BCUT2D eigenvalue weighted by atomic mass is 10.1. The van der Waals surface area contributed by atoms with Crippen LogP contribution in [0.4, 0.5) is 0 Å². The van der Waals surface area contributed by atoms with Gasteiger partial charge in [-0.25, -0.2) is 0 Å². The van der Waals surface area contributed by atoms with Crippen molar-refractivity contribution in [3.05, 3.63) is 24.3 Å². The smallest absolute Gasteiger partial charge is 0.137 e. The molecule has 1 fully saturated rings. The highest BCUT2D eigenvalue weighted by Gasteiger charge is 2.34. The van der Waals surface area contributed by atoms with Crippen molar-refractivity contribution in [1.29, 1.82) is 0 Å². The molecule has 0 aliphatic heterocycles. The Bertz CT molecular complexity index is 379. The summed E-state index contributed by atoms with van der Waals surface area (Å²) in [5.74, 6) is 1.96. The zero-order valence-electron chi connectivity index (χ0n) is 10.7. The maximum atomic E-state index is 9.37. The van der Waals surface area contributed by atoms with Gasteiger partial charge in [0.2, 0.25) is 0 Å². The fourth-order valence-corrected chi connectivity index (χ4v) is 2.00. The SMILES string of the molecule is CCOc1cccc(OC(CO)C(N)C2CC2)c1. The second-order valence-electron chi connectivity index (χ2n) is 4.66. The second-order valence-corrected chi connectivity index (χ2v) is 4.66. The number of nitrogens with two attached hydrogens (primary N) is 1. The molecule has 1 aromatic carbocycles. The average Bonchev–Trinajstić information content (AvgIpc) is 3.20. The Labute approximate surface area is 108 Å². The topological polar surface area (TPSA) is 64.7 Å². The van der Waals surface area contributed by atoms with Crippen LogP contribution in [0, 0.1) is 5.92 Å². The number of hydrogen-bond donors (Lipinski definition) is 2. The van der Waals surface area contributed by atoms with Gasteiger partial charge in [-0.05, 0) is 37.8 Å². The van der Waals surface area contributed by atoms with Crippen LogP contribution in [0.15, 0.2) is 24.3 Å². The quantitative estimate of drug-likeness (QED) is 0.772. The molecule has 0 bridgehead atoms. The molecule has 4 nitrogen and oxygen atoms in total. The van der Waals surface area contributed by atoms with E-state index in [2.05, 4.69) is 0 Å². The van der Waals surface area contributed by atoms with E-state index in [1.54, 1.807) is 0 Å². The van der Waals surface area contributed by atoms with Crippen LogP contribution in [0.2, 0.25) is 0 Å². The van der Waals surface area contributed by atoms with Crippen LogP contribution in [0.3, 0.4) is 0 Å². The predicted octanol–water partition coefficient (Wildman–Crippen LogP) is 1.56. The third-order valence-electron chi connectivity index (χ3n) is 3.18. The molecule has 2 rings (SSSR count). The highest BCUT2D eigenvalue weighted by atomic mass is 16.5. The van der Waals surface area contributed by atoms with Crippen LogP contribution < -0.4 is 15.2 Å². The minimum atomic E-state index is -0.339. The number of benzene rings is 1. The van der Waals surface area contributed by atoms with E-state index >= 15 is 0 Å². The van der Waals surface area contributed by atoms with E-state index in [4.69, 9.17) is 15.2 Å². The molecule has 1 aliphatic rings. The van der Waals surface area contributed by atoms with Gasteiger partial charge in [-0.1, -0.05) is 6.07 Å². The van der Waals surface area contributed by atoms with Gasteiger partial charge in [-0.3, -0.25) is 0 Å². The van der Waals surface area contributed by atoms with Gasteiger partial charge >= 0.3 is 0 Å². The molecule has 3 N–H and O–H groups in total. The molecular formula is C14H21NO3. The number of rotatable bonds is 7. The molecule has 4 heteroatoms. The molecule has 1 saturated carbocycles. The Hall–Kier alpha value is -1.26. The first-order valence-electron chi connectivity index (χ1n) is 6.50. The lowest BCUT2D eigenvalue weighted by Gasteiger charge is -2.23. The van der Waals surface area contributed by atoms with E-state index in [0.29, 0.717) is 18.3 Å². The molecule has 0 saturated heterocycles. The van der Waals surface area contributed by atoms with Gasteiger partial charge < -0.3 is 20.3 Å². The summed E-state index contributed by atoms with van der Waals surface area (Å²) in [6.45, 7) is 2.50. The number of ether oxygens (including phenoxy) is 2. The van der Waals surface area contributed by atoms with Gasteiger partial charge in [0.1, 0.15) is 17.6 Å². The summed E-state index contributed by atoms with van der Waals surface area (Å²) in [4.78, 5) is 0. The van der Waals surface area contributed by atoms with E-state index in [-0.39, 0.29) is 18.8 Å². The van der Waals surface area contributed by atoms with Crippen LogP contribution in [-0.4, -0.2) is 30.5 Å². The predicted molar refractivity (Wildman–Crippen MR) is 69.8 cm³/mol. The van der Waals surface area contributed by atoms with Crippen molar-refractivity contribution in [2.45, 2.75) is 31.9 Å². The zero-order chi connectivity index (χ0) is 13.0. The summed E-state index contributed by atoms with van der Waals surface area (Å²) >= 11 is 0. The molecule has 18 heavy (non-hydrogen) atoms. The average molecular weight is 251 g/mol. The van der Waals surface area contributed by atoms with Crippen LogP contribution in [0.1, 0.15) is 19.8 Å². The Balaban J connectivity index is 1.99. The van der Waals surface area contributed by atoms with Gasteiger partial charge in [0.15, 0.2) is 0 Å². The second kappa shape index (κ2) is 6.07. The van der Waals surface area contributed by atoms with Crippen LogP contribution in [0.25, 0.3) is 0 Å². The third kappa shape index (κ3) is 3.37. The van der Waals surface area contributed by atoms with Gasteiger partial charge in [0, 0.05) is 12.1 Å². The summed E-state index contributed by atoms with van der Waals surface area (Å²) in [7, 11) is 0. The molecule has 2 unspecified atom stereocenters. The number of aliphatic hydroxyl groups excluding tert-OH is 1. The van der Waals surface area contributed by atoms with Crippen molar-refractivity contribution in [3.8, 4) is 11.5 Å². The van der Waals surface area contributed by atoms with Crippen molar-refractivity contribution in [3.63, 3.8) is 0 Å². The largest absolute Gasteiger partial charge is 0.494 e. The van der Waals surface area contributed by atoms with E-state index in [1.165, 1.54) is 0 Å². The molecule has 1 aliphatic carbocycles. The van der Waals surface area contributed by atoms with Gasteiger partial charge in [-0.15, -0.1) is 0 Å². The first-order chi connectivity index (χ1) is 8.74. The summed E-state index contributed by atoms with van der Waals surface area (Å²) in [5, 5.41) is 9.37. The zero-order valence-corrected chi connectivity index (χ0v) is 10.7. The number of aliphatic hydroxyl groups is 1. The first-order valence-corrected chi connectivity index (χ1v) is 6.50. The first kappa shape index (κ1) is 13.2. The van der Waals surface area contributed by atoms with E-state index in [9.17, 15) is 5.11 Å². The minimum Gasteiger partial charge on any atom is -0.494 e. The molecule has 0 amide bonds. The highest BCUT2D eigenvalue weighted by molar-refractivity contribution is 5.33. The summed E-state index contributed by atoms with van der Waals surface area (Å²) < 4.78 is 11.2. The van der Waals surface area contributed by atoms with Crippen molar-refractivity contribution >= 4 is 0 Å². The Morgan fingerprint density at radius 2 is 2.11 bits per heavy atom. The third-order valence-corrected chi connectivity index (χ3v) is 3.18. The van der Waals surface area contributed by atoms with Crippen molar-refractivity contribution in [2.75, 3.05) is 13.2 Å². The van der Waals surface area contributed by atoms with Crippen molar-refractivity contribution < 1.29 is 14.6 Å². The fraction of sp³-hybridized carbons (Fsp3) is 0.571. The van der Waals surface area contributed by atoms with Gasteiger partial charge in [0.05, 0.1) is 13.2 Å². The standard InChI is InChI=1S/C14H21NO3/c1-2-17-11-4-3-5-12(8-11)18-13(9-16)14(15)10-6-7-10/h3-5,8,10,13-14,16H,2,6-7,9,15H2,1H3. The lowest BCUT2D eigenvalue weighted by Crippen LogP contribution is -2.43. The van der Waals surface area contributed by atoms with E-state index in [1.807, 2.05) is 31.2 Å². The molecular weight excluding hydrogens is 230 g/mol. The van der Waals surface area contributed by atoms with Crippen LogP contribution in [-0.2, 0) is 0 Å². The van der Waals surface area contributed by atoms with Gasteiger partial charge in [0.25, 0.3) is 0 Å². The molecule has 100 valence electrons. The summed E-state index contributed by atoms with van der Waals surface area (Å²) in [5.41, 5.74) is 6.06. The maximum absolute atomic E-state index is 9.37. The molecule has 0 aromatic heterocycles. The van der Waals surface area contributed by atoms with Crippen molar-refractivity contribution in [1.82, 2.24) is 0 Å². The Kier molecular flexibility index (Phi) is 4.44. The summed E-state index contributed by atoms with van der Waals surface area (Å²) in [6, 6.07) is 7.34. The maximum Gasteiger partial charge on any atom is 0.137 e. The van der Waals surface area contributed by atoms with Crippen LogP contribution in [0.5, 0.6) is 11.5 Å². The van der Waals surface area contributed by atoms with E-state index in [0.717, 1.165) is 18.6 Å².